The van der Waals surface area contributed by atoms with Gasteiger partial charge < -0.3 is 19.8 Å². The first-order valence-corrected chi connectivity index (χ1v) is 11.8. The highest BCUT2D eigenvalue weighted by Gasteiger charge is 2.13. The molecule has 172 valence electrons. The minimum Gasteiger partial charge on any atom is -0.490 e. The van der Waals surface area contributed by atoms with Gasteiger partial charge in [0.05, 0.1) is 17.6 Å². The van der Waals surface area contributed by atoms with E-state index in [9.17, 15) is 0 Å². The summed E-state index contributed by atoms with van der Waals surface area (Å²) in [5.41, 5.74) is 3.79. The lowest BCUT2D eigenvalue weighted by atomic mass is 10.2. The van der Waals surface area contributed by atoms with Crippen molar-refractivity contribution in [2.24, 2.45) is 0 Å². The number of aromatic amines is 1. The second-order valence-electron chi connectivity index (χ2n) is 7.48. The molecule has 0 saturated heterocycles. The Morgan fingerprint density at radius 3 is 2.48 bits per heavy atom. The second-order valence-corrected chi connectivity index (χ2v) is 8.73. The third-order valence-corrected chi connectivity index (χ3v) is 6.04. The lowest BCUT2D eigenvalue weighted by Crippen LogP contribution is -2.17. The predicted octanol–water partition coefficient (Wildman–Crippen LogP) is 6.83. The molecule has 0 amide bonds. The van der Waals surface area contributed by atoms with Crippen LogP contribution in [0.4, 0.5) is 0 Å². The Hall–Kier alpha value is -2.44. The molecule has 0 bridgehead atoms. The van der Waals surface area contributed by atoms with Crippen molar-refractivity contribution in [1.29, 1.82) is 0 Å². The van der Waals surface area contributed by atoms with Gasteiger partial charge in [-0.25, -0.2) is 4.98 Å². The van der Waals surface area contributed by atoms with Crippen LogP contribution in [0.2, 0.25) is 15.1 Å². The van der Waals surface area contributed by atoms with E-state index in [0.717, 1.165) is 41.0 Å². The Kier molecular flexibility index (Phi) is 7.99. The van der Waals surface area contributed by atoms with Crippen LogP contribution < -0.4 is 14.8 Å². The molecule has 5 nitrogen and oxygen atoms in total. The van der Waals surface area contributed by atoms with Crippen molar-refractivity contribution in [1.82, 2.24) is 15.3 Å². The van der Waals surface area contributed by atoms with Crippen molar-refractivity contribution in [3.05, 3.63) is 86.6 Å². The number of H-pyrrole nitrogens is 1. The number of ether oxygens (including phenoxy) is 2. The first-order valence-electron chi connectivity index (χ1n) is 10.7. The van der Waals surface area contributed by atoms with Crippen LogP contribution in [-0.4, -0.2) is 23.1 Å². The largest absolute Gasteiger partial charge is 0.490 e. The number of benzene rings is 3. The number of para-hydroxylation sites is 2. The van der Waals surface area contributed by atoms with Crippen molar-refractivity contribution in [2.75, 3.05) is 13.2 Å². The van der Waals surface area contributed by atoms with Crippen molar-refractivity contribution in [3.63, 3.8) is 0 Å². The average Bonchev–Trinajstić information content (AvgIpc) is 3.21. The summed E-state index contributed by atoms with van der Waals surface area (Å²) in [5, 5.41) is 5.16. The molecule has 0 aliphatic heterocycles. The molecule has 0 fully saturated rings. The number of nitrogens with zero attached hydrogens (tertiary/aromatic N) is 1. The Morgan fingerprint density at radius 2 is 1.70 bits per heavy atom. The van der Waals surface area contributed by atoms with Crippen LogP contribution >= 0.6 is 34.8 Å². The number of hydrogen-bond acceptors (Lipinski definition) is 4. The molecular formula is C25H24Cl3N3O2. The molecule has 0 spiro atoms. The van der Waals surface area contributed by atoms with E-state index < -0.39 is 0 Å². The van der Waals surface area contributed by atoms with Crippen molar-refractivity contribution in [3.8, 4) is 11.5 Å². The summed E-state index contributed by atoms with van der Waals surface area (Å²) in [6, 6.07) is 17.0. The average molecular weight is 505 g/mol. The topological polar surface area (TPSA) is 59.2 Å². The number of halogens is 3. The normalized spacial score (nSPS) is 11.2. The van der Waals surface area contributed by atoms with Gasteiger partial charge in [-0.2, -0.15) is 0 Å². The maximum atomic E-state index is 6.55. The van der Waals surface area contributed by atoms with Crippen LogP contribution in [0.25, 0.3) is 11.0 Å². The third kappa shape index (κ3) is 6.12. The molecule has 2 N–H and O–H groups in total. The van der Waals surface area contributed by atoms with Gasteiger partial charge >= 0.3 is 0 Å². The summed E-state index contributed by atoms with van der Waals surface area (Å²) in [4.78, 5) is 7.95. The first kappa shape index (κ1) is 23.7. The maximum Gasteiger partial charge on any atom is 0.163 e. The van der Waals surface area contributed by atoms with Crippen molar-refractivity contribution < 1.29 is 9.47 Å². The fourth-order valence-corrected chi connectivity index (χ4v) is 4.13. The molecule has 4 rings (SSSR count). The Bertz CT molecular complexity index is 1210. The lowest BCUT2D eigenvalue weighted by molar-refractivity contribution is 0.269. The molecule has 0 aliphatic rings. The standard InChI is InChI=1S/C25H24Cl3N3O2/c1-2-32-23-11-17(14-29-10-9-25-30-21-5-3-4-6-22(21)31-25)20(28)13-24(23)33-15-16-7-8-18(26)12-19(16)27/h3-8,11-13,29H,2,9-10,14-15H2,1H3,(H,30,31). The molecule has 0 aliphatic carbocycles. The number of aromatic nitrogens is 2. The first-order chi connectivity index (χ1) is 16.0. The zero-order chi connectivity index (χ0) is 23.2. The molecule has 1 aromatic heterocycles. The lowest BCUT2D eigenvalue weighted by Gasteiger charge is -2.16. The molecule has 8 heteroatoms. The third-order valence-electron chi connectivity index (χ3n) is 5.10. The van der Waals surface area contributed by atoms with E-state index in [4.69, 9.17) is 44.3 Å². The van der Waals surface area contributed by atoms with Crippen LogP contribution in [0.15, 0.2) is 54.6 Å². The zero-order valence-electron chi connectivity index (χ0n) is 18.1. The van der Waals surface area contributed by atoms with Gasteiger partial charge in [-0.3, -0.25) is 0 Å². The summed E-state index contributed by atoms with van der Waals surface area (Å²) in [5.74, 6) is 2.16. The van der Waals surface area contributed by atoms with Gasteiger partial charge in [-0.05, 0) is 42.8 Å². The van der Waals surface area contributed by atoms with Crippen LogP contribution in [-0.2, 0) is 19.6 Å². The summed E-state index contributed by atoms with van der Waals surface area (Å²) < 4.78 is 11.8. The number of nitrogens with one attached hydrogen (secondary N) is 2. The van der Waals surface area contributed by atoms with E-state index in [-0.39, 0.29) is 6.61 Å². The van der Waals surface area contributed by atoms with Gasteiger partial charge in [0.1, 0.15) is 12.4 Å². The van der Waals surface area contributed by atoms with Crippen LogP contribution in [0, 0.1) is 0 Å². The number of hydrogen-bond donors (Lipinski definition) is 2. The van der Waals surface area contributed by atoms with E-state index in [1.165, 1.54) is 0 Å². The van der Waals surface area contributed by atoms with Gasteiger partial charge in [0.15, 0.2) is 11.5 Å². The van der Waals surface area contributed by atoms with E-state index in [2.05, 4.69) is 15.3 Å². The quantitative estimate of drug-likeness (QED) is 0.232. The van der Waals surface area contributed by atoms with E-state index in [1.54, 1.807) is 18.2 Å². The van der Waals surface area contributed by atoms with Gasteiger partial charge in [-0.1, -0.05) is 53.0 Å². The molecule has 0 saturated carbocycles. The summed E-state index contributed by atoms with van der Waals surface area (Å²) in [6.07, 6.45) is 0.785. The highest BCUT2D eigenvalue weighted by Crippen LogP contribution is 2.35. The Balaban J connectivity index is 1.38. The fourth-order valence-electron chi connectivity index (χ4n) is 3.44. The second kappa shape index (κ2) is 11.1. The van der Waals surface area contributed by atoms with Gasteiger partial charge in [0, 0.05) is 46.2 Å². The predicted molar refractivity (Wildman–Crippen MR) is 135 cm³/mol. The van der Waals surface area contributed by atoms with Crippen LogP contribution in [0.3, 0.4) is 0 Å². The van der Waals surface area contributed by atoms with Crippen molar-refractivity contribution >= 4 is 45.8 Å². The monoisotopic (exact) mass is 503 g/mol. The van der Waals surface area contributed by atoms with Crippen LogP contribution in [0.5, 0.6) is 11.5 Å². The van der Waals surface area contributed by atoms with Gasteiger partial charge in [0.25, 0.3) is 0 Å². The van der Waals surface area contributed by atoms with Gasteiger partial charge in [-0.15, -0.1) is 0 Å². The smallest absolute Gasteiger partial charge is 0.163 e. The molecule has 0 radical (unpaired) electrons. The van der Waals surface area contributed by atoms with Crippen molar-refractivity contribution in [2.45, 2.75) is 26.5 Å². The van der Waals surface area contributed by atoms with Gasteiger partial charge in [0.2, 0.25) is 0 Å². The zero-order valence-corrected chi connectivity index (χ0v) is 20.4. The SMILES string of the molecule is CCOc1cc(CNCCc2nc3ccccc3[nH]2)c(Cl)cc1OCc1ccc(Cl)cc1Cl. The van der Waals surface area contributed by atoms with E-state index >= 15 is 0 Å². The summed E-state index contributed by atoms with van der Waals surface area (Å²) in [6.45, 7) is 4.08. The Morgan fingerprint density at radius 1 is 0.909 bits per heavy atom. The molecular weight excluding hydrogens is 481 g/mol. The maximum absolute atomic E-state index is 6.55. The Labute approximate surface area is 208 Å². The van der Waals surface area contributed by atoms with E-state index in [0.29, 0.717) is 39.7 Å². The summed E-state index contributed by atoms with van der Waals surface area (Å²) in [7, 11) is 0. The highest BCUT2D eigenvalue weighted by atomic mass is 35.5. The molecule has 4 aromatic rings. The number of rotatable bonds is 10. The number of imidazole rings is 1. The highest BCUT2D eigenvalue weighted by molar-refractivity contribution is 6.35. The van der Waals surface area contributed by atoms with Crippen LogP contribution in [0.1, 0.15) is 23.9 Å². The molecule has 1 heterocycles. The molecule has 0 atom stereocenters. The van der Waals surface area contributed by atoms with E-state index in [1.807, 2.05) is 43.3 Å². The molecule has 3 aromatic carbocycles. The molecule has 0 unspecified atom stereocenters. The number of fused-ring (bicyclic) bond motifs is 1. The summed E-state index contributed by atoms with van der Waals surface area (Å²) >= 11 is 18.8. The fraction of sp³-hybridized carbons (Fsp3) is 0.240. The molecule has 33 heavy (non-hydrogen) atoms. The minimum absolute atomic E-state index is 0.279. The minimum atomic E-state index is 0.279.